The van der Waals surface area contributed by atoms with Crippen LogP contribution in [0.25, 0.3) is 0 Å². The van der Waals surface area contributed by atoms with E-state index in [1.165, 1.54) is 11.8 Å². The van der Waals surface area contributed by atoms with Crippen LogP contribution >= 0.6 is 23.4 Å². The fraction of sp³-hybridized carbons (Fsp3) is 0.222. The van der Waals surface area contributed by atoms with Gasteiger partial charge in [-0.1, -0.05) is 36.0 Å². The van der Waals surface area contributed by atoms with E-state index in [9.17, 15) is 4.79 Å². The minimum Gasteiger partial charge on any atom is -0.335 e. The molecule has 2 aromatic rings. The van der Waals surface area contributed by atoms with Gasteiger partial charge < -0.3 is 10.6 Å². The number of hydrogen-bond acceptors (Lipinski definition) is 6. The van der Waals surface area contributed by atoms with E-state index in [0.717, 1.165) is 5.69 Å². The molecule has 0 atom stereocenters. The third-order valence-electron chi connectivity index (χ3n) is 3.28. The molecule has 8 heteroatoms. The number of rotatable bonds is 6. The van der Waals surface area contributed by atoms with E-state index < -0.39 is 0 Å². The number of carbonyl (C=O) groups is 1. The van der Waals surface area contributed by atoms with Gasteiger partial charge in [0.25, 0.3) is 5.91 Å². The number of nitrogens with zero attached hydrogens (tertiary/aromatic N) is 3. The van der Waals surface area contributed by atoms with Gasteiger partial charge in [-0.15, -0.1) is 0 Å². The molecule has 1 amide bonds. The molecule has 0 aromatic carbocycles. The predicted molar refractivity (Wildman–Crippen MR) is 108 cm³/mol. The van der Waals surface area contributed by atoms with Crippen LogP contribution in [-0.4, -0.2) is 20.9 Å². The van der Waals surface area contributed by atoms with Crippen molar-refractivity contribution in [2.45, 2.75) is 27.7 Å². The fourth-order valence-electron chi connectivity index (χ4n) is 2.18. The van der Waals surface area contributed by atoms with E-state index in [0.29, 0.717) is 38.0 Å². The van der Waals surface area contributed by atoms with E-state index in [-0.39, 0.29) is 5.91 Å². The van der Waals surface area contributed by atoms with Gasteiger partial charge in [-0.2, -0.15) is 0 Å². The Bertz CT molecular complexity index is 841. The summed E-state index contributed by atoms with van der Waals surface area (Å²) in [5.74, 6) is 1.01. The first-order chi connectivity index (χ1) is 12.3. The molecule has 136 valence electrons. The first-order valence-electron chi connectivity index (χ1n) is 7.85. The zero-order valence-corrected chi connectivity index (χ0v) is 16.6. The predicted octanol–water partition coefficient (Wildman–Crippen LogP) is 4.61. The molecule has 0 bridgehead atoms. The highest BCUT2D eigenvalue weighted by Crippen LogP contribution is 2.29. The van der Waals surface area contributed by atoms with Crippen molar-refractivity contribution in [2.75, 3.05) is 10.6 Å². The average Bonchev–Trinajstić information content (AvgIpc) is 2.55. The zero-order chi connectivity index (χ0) is 19.3. The summed E-state index contributed by atoms with van der Waals surface area (Å²) in [7, 11) is 0. The summed E-state index contributed by atoms with van der Waals surface area (Å²) < 4.78 is 0. The van der Waals surface area contributed by atoms with E-state index in [2.05, 4.69) is 32.2 Å². The summed E-state index contributed by atoms with van der Waals surface area (Å²) in [4.78, 5) is 25.7. The van der Waals surface area contributed by atoms with Crippen LogP contribution < -0.4 is 10.6 Å². The number of hydrogen-bond donors (Lipinski definition) is 2. The first-order valence-corrected chi connectivity index (χ1v) is 9.04. The Kier molecular flexibility index (Phi) is 6.76. The van der Waals surface area contributed by atoms with Gasteiger partial charge in [0, 0.05) is 18.0 Å². The van der Waals surface area contributed by atoms with Gasteiger partial charge in [-0.05, 0) is 33.8 Å². The second kappa shape index (κ2) is 8.82. The van der Waals surface area contributed by atoms with Crippen LogP contribution in [0.4, 0.5) is 11.5 Å². The van der Waals surface area contributed by atoms with Crippen molar-refractivity contribution in [1.82, 2.24) is 15.0 Å². The Hall–Kier alpha value is -2.38. The number of anilines is 2. The molecule has 2 rings (SSSR count). The number of aromatic nitrogens is 3. The van der Waals surface area contributed by atoms with Crippen LogP contribution in [0.2, 0.25) is 5.02 Å². The normalized spacial score (nSPS) is 11.2. The van der Waals surface area contributed by atoms with Gasteiger partial charge in [-0.25, -0.2) is 9.97 Å². The molecular formula is C18H20ClN5OS. The standard InChI is InChI=1S/C18H20ClN5OS/c1-6-15(18(25)24-17-11(3)20-8-7-14(17)19)26-13(5)23-16-9-10(2)21-12(4)22-16/h6-9H,5H2,1-4H3,(H,24,25)(H,21,22,23)/b15-6-. The molecule has 0 saturated heterocycles. The number of carbonyl (C=O) groups excluding carboxylic acids is 1. The maximum Gasteiger partial charge on any atom is 0.262 e. The molecule has 0 saturated carbocycles. The molecule has 0 radical (unpaired) electrons. The van der Waals surface area contributed by atoms with Crippen molar-refractivity contribution in [2.24, 2.45) is 0 Å². The molecule has 0 aliphatic carbocycles. The zero-order valence-electron chi connectivity index (χ0n) is 15.1. The highest BCUT2D eigenvalue weighted by Gasteiger charge is 2.15. The monoisotopic (exact) mass is 389 g/mol. The van der Waals surface area contributed by atoms with Gasteiger partial charge in [-0.3, -0.25) is 9.78 Å². The SMILES string of the molecule is C=C(Nc1cc(C)nc(C)n1)S/C(=C\C)C(=O)Nc1c(Cl)ccnc1C. The molecule has 0 aliphatic heterocycles. The molecule has 0 unspecified atom stereocenters. The van der Waals surface area contributed by atoms with E-state index in [1.54, 1.807) is 32.2 Å². The third-order valence-corrected chi connectivity index (χ3v) is 4.59. The van der Waals surface area contributed by atoms with Crippen molar-refractivity contribution in [3.8, 4) is 0 Å². The van der Waals surface area contributed by atoms with Crippen LogP contribution in [0.3, 0.4) is 0 Å². The Morgan fingerprint density at radius 3 is 2.62 bits per heavy atom. The molecule has 2 N–H and O–H groups in total. The lowest BCUT2D eigenvalue weighted by Crippen LogP contribution is -2.15. The molecule has 2 heterocycles. The highest BCUT2D eigenvalue weighted by molar-refractivity contribution is 8.07. The molecule has 0 aliphatic rings. The Morgan fingerprint density at radius 1 is 1.27 bits per heavy atom. The fourth-order valence-corrected chi connectivity index (χ4v) is 3.10. The lowest BCUT2D eigenvalue weighted by atomic mass is 10.3. The van der Waals surface area contributed by atoms with Crippen molar-refractivity contribution in [3.63, 3.8) is 0 Å². The Labute approximate surface area is 162 Å². The molecule has 0 fully saturated rings. The van der Waals surface area contributed by atoms with Gasteiger partial charge >= 0.3 is 0 Å². The maximum atomic E-state index is 12.6. The van der Waals surface area contributed by atoms with Crippen LogP contribution in [0.1, 0.15) is 24.1 Å². The summed E-state index contributed by atoms with van der Waals surface area (Å²) in [6.45, 7) is 11.2. The lowest BCUT2D eigenvalue weighted by Gasteiger charge is -2.13. The van der Waals surface area contributed by atoms with Crippen LogP contribution in [0, 0.1) is 20.8 Å². The summed E-state index contributed by atoms with van der Waals surface area (Å²) >= 11 is 7.35. The number of aryl methyl sites for hydroxylation is 3. The van der Waals surface area contributed by atoms with Gasteiger partial charge in [0.1, 0.15) is 11.6 Å². The highest BCUT2D eigenvalue weighted by atomic mass is 35.5. The lowest BCUT2D eigenvalue weighted by molar-refractivity contribution is -0.112. The smallest absolute Gasteiger partial charge is 0.262 e. The summed E-state index contributed by atoms with van der Waals surface area (Å²) in [6, 6.07) is 3.44. The molecular weight excluding hydrogens is 370 g/mol. The Balaban J connectivity index is 2.06. The van der Waals surface area contributed by atoms with E-state index >= 15 is 0 Å². The molecule has 6 nitrogen and oxygen atoms in total. The number of pyridine rings is 1. The van der Waals surface area contributed by atoms with Gasteiger partial charge in [0.15, 0.2) is 0 Å². The minimum atomic E-state index is -0.284. The van der Waals surface area contributed by atoms with Crippen molar-refractivity contribution < 1.29 is 4.79 Å². The second-order valence-electron chi connectivity index (χ2n) is 5.45. The van der Waals surface area contributed by atoms with Crippen LogP contribution in [-0.2, 0) is 4.79 Å². The third kappa shape index (κ3) is 5.31. The second-order valence-corrected chi connectivity index (χ2v) is 7.00. The van der Waals surface area contributed by atoms with Crippen molar-refractivity contribution in [1.29, 1.82) is 0 Å². The summed E-state index contributed by atoms with van der Waals surface area (Å²) in [5.41, 5.74) is 2.00. The number of allylic oxidation sites excluding steroid dienone is 1. The quantitative estimate of drug-likeness (QED) is 0.702. The summed E-state index contributed by atoms with van der Waals surface area (Å²) in [5, 5.41) is 6.90. The number of thioether (sulfide) groups is 1. The minimum absolute atomic E-state index is 0.284. The first kappa shape index (κ1) is 19.9. The van der Waals surface area contributed by atoms with Crippen LogP contribution in [0.5, 0.6) is 0 Å². The molecule has 2 aromatic heterocycles. The van der Waals surface area contributed by atoms with Crippen molar-refractivity contribution >= 4 is 40.8 Å². The largest absolute Gasteiger partial charge is 0.335 e. The van der Waals surface area contributed by atoms with Crippen LogP contribution in [0.15, 0.2) is 40.9 Å². The molecule has 0 spiro atoms. The topological polar surface area (TPSA) is 79.8 Å². The van der Waals surface area contributed by atoms with Gasteiger partial charge in [0.2, 0.25) is 0 Å². The number of amides is 1. The van der Waals surface area contributed by atoms with E-state index in [1.807, 2.05) is 19.9 Å². The average molecular weight is 390 g/mol. The van der Waals surface area contributed by atoms with Gasteiger partial charge in [0.05, 0.1) is 26.3 Å². The number of nitrogens with one attached hydrogen (secondary N) is 2. The molecule has 26 heavy (non-hydrogen) atoms. The summed E-state index contributed by atoms with van der Waals surface area (Å²) in [6.07, 6.45) is 3.30. The van der Waals surface area contributed by atoms with E-state index in [4.69, 9.17) is 11.6 Å². The van der Waals surface area contributed by atoms with Crippen molar-refractivity contribution in [3.05, 3.63) is 63.2 Å². The maximum absolute atomic E-state index is 12.6. The number of halogens is 1. The Morgan fingerprint density at radius 2 is 2.00 bits per heavy atom.